The predicted octanol–water partition coefficient (Wildman–Crippen LogP) is 3.40. The van der Waals surface area contributed by atoms with Gasteiger partial charge in [0.2, 0.25) is 0 Å². The van der Waals surface area contributed by atoms with E-state index in [0.29, 0.717) is 12.1 Å². The van der Waals surface area contributed by atoms with Crippen LogP contribution in [-0.4, -0.2) is 24.0 Å². The second-order valence-corrected chi connectivity index (χ2v) is 5.51. The SMILES string of the molecule is CCCC(C)N(C)Cc1cc(CNC(C)C)co1. The van der Waals surface area contributed by atoms with Crippen LogP contribution in [0, 0.1) is 0 Å². The number of hydrogen-bond donors (Lipinski definition) is 1. The standard InChI is InChI=1S/C15H28N2O/c1-6-7-13(4)17(5)10-15-8-14(11-18-15)9-16-12(2)3/h8,11-13,16H,6-7,9-10H2,1-5H3. The summed E-state index contributed by atoms with van der Waals surface area (Å²) in [5.41, 5.74) is 1.23. The topological polar surface area (TPSA) is 28.4 Å². The lowest BCUT2D eigenvalue weighted by molar-refractivity contribution is 0.219. The Morgan fingerprint density at radius 3 is 2.67 bits per heavy atom. The van der Waals surface area contributed by atoms with Crippen LogP contribution in [0.4, 0.5) is 0 Å². The summed E-state index contributed by atoms with van der Waals surface area (Å²) in [7, 11) is 2.16. The first kappa shape index (κ1) is 15.3. The van der Waals surface area contributed by atoms with Crippen molar-refractivity contribution >= 4 is 0 Å². The molecular formula is C15H28N2O. The van der Waals surface area contributed by atoms with Gasteiger partial charge >= 0.3 is 0 Å². The van der Waals surface area contributed by atoms with Crippen LogP contribution in [-0.2, 0) is 13.1 Å². The Morgan fingerprint density at radius 2 is 2.06 bits per heavy atom. The zero-order chi connectivity index (χ0) is 13.5. The molecule has 0 fully saturated rings. The smallest absolute Gasteiger partial charge is 0.118 e. The molecule has 0 aliphatic carbocycles. The zero-order valence-corrected chi connectivity index (χ0v) is 12.5. The molecule has 0 aliphatic rings. The molecule has 0 amide bonds. The number of hydrogen-bond acceptors (Lipinski definition) is 3. The van der Waals surface area contributed by atoms with Gasteiger partial charge in [0.05, 0.1) is 12.8 Å². The van der Waals surface area contributed by atoms with Gasteiger partial charge in [0.25, 0.3) is 0 Å². The summed E-state index contributed by atoms with van der Waals surface area (Å²) in [6.45, 7) is 10.6. The van der Waals surface area contributed by atoms with E-state index in [1.165, 1.54) is 18.4 Å². The summed E-state index contributed by atoms with van der Waals surface area (Å²) in [5, 5.41) is 3.40. The molecule has 3 heteroatoms. The van der Waals surface area contributed by atoms with Gasteiger partial charge in [-0.2, -0.15) is 0 Å². The molecule has 1 heterocycles. The Kier molecular flexibility index (Phi) is 6.44. The Hall–Kier alpha value is -0.800. The van der Waals surface area contributed by atoms with Crippen molar-refractivity contribution in [3.8, 4) is 0 Å². The first-order valence-electron chi connectivity index (χ1n) is 7.02. The Morgan fingerprint density at radius 1 is 1.33 bits per heavy atom. The van der Waals surface area contributed by atoms with Crippen LogP contribution in [0.15, 0.2) is 16.7 Å². The van der Waals surface area contributed by atoms with Crippen LogP contribution in [0.5, 0.6) is 0 Å². The minimum absolute atomic E-state index is 0.510. The van der Waals surface area contributed by atoms with E-state index < -0.39 is 0 Å². The molecule has 18 heavy (non-hydrogen) atoms. The molecule has 1 rings (SSSR count). The quantitative estimate of drug-likeness (QED) is 0.768. The number of nitrogens with zero attached hydrogens (tertiary/aromatic N) is 1. The lowest BCUT2D eigenvalue weighted by Crippen LogP contribution is -2.28. The van der Waals surface area contributed by atoms with Crippen molar-refractivity contribution in [2.75, 3.05) is 7.05 Å². The molecule has 1 unspecified atom stereocenters. The van der Waals surface area contributed by atoms with Crippen LogP contribution in [0.3, 0.4) is 0 Å². The molecule has 1 N–H and O–H groups in total. The predicted molar refractivity (Wildman–Crippen MR) is 76.5 cm³/mol. The van der Waals surface area contributed by atoms with Crippen molar-refractivity contribution in [3.05, 3.63) is 23.7 Å². The fourth-order valence-electron chi connectivity index (χ4n) is 1.96. The van der Waals surface area contributed by atoms with Crippen molar-refractivity contribution < 1.29 is 4.42 Å². The summed E-state index contributed by atoms with van der Waals surface area (Å²) in [5.74, 6) is 1.06. The highest BCUT2D eigenvalue weighted by Gasteiger charge is 2.11. The monoisotopic (exact) mass is 252 g/mol. The van der Waals surface area contributed by atoms with E-state index >= 15 is 0 Å². The Balaban J connectivity index is 2.43. The van der Waals surface area contributed by atoms with E-state index in [1.807, 2.05) is 6.26 Å². The third kappa shape index (κ3) is 5.23. The van der Waals surface area contributed by atoms with E-state index in [4.69, 9.17) is 4.42 Å². The summed E-state index contributed by atoms with van der Waals surface area (Å²) in [6.07, 6.45) is 4.33. The zero-order valence-electron chi connectivity index (χ0n) is 12.5. The first-order chi connectivity index (χ1) is 8.52. The van der Waals surface area contributed by atoms with Crippen LogP contribution in [0.2, 0.25) is 0 Å². The number of nitrogens with one attached hydrogen (secondary N) is 1. The summed E-state index contributed by atoms with van der Waals surface area (Å²) < 4.78 is 5.61. The van der Waals surface area contributed by atoms with Gasteiger partial charge in [-0.25, -0.2) is 0 Å². The average molecular weight is 252 g/mol. The van der Waals surface area contributed by atoms with Gasteiger partial charge in [0.15, 0.2) is 0 Å². The molecule has 3 nitrogen and oxygen atoms in total. The highest BCUT2D eigenvalue weighted by molar-refractivity contribution is 5.12. The molecule has 0 bridgehead atoms. The fraction of sp³-hybridized carbons (Fsp3) is 0.733. The first-order valence-corrected chi connectivity index (χ1v) is 7.02. The van der Waals surface area contributed by atoms with Crippen LogP contribution < -0.4 is 5.32 Å². The number of furan rings is 1. The largest absolute Gasteiger partial charge is 0.468 e. The van der Waals surface area contributed by atoms with Crippen molar-refractivity contribution in [1.82, 2.24) is 10.2 Å². The molecule has 104 valence electrons. The summed E-state index contributed by atoms with van der Waals surface area (Å²) in [4.78, 5) is 2.35. The fourth-order valence-corrected chi connectivity index (χ4v) is 1.96. The van der Waals surface area contributed by atoms with E-state index in [1.54, 1.807) is 0 Å². The summed E-state index contributed by atoms with van der Waals surface area (Å²) in [6, 6.07) is 3.28. The van der Waals surface area contributed by atoms with Gasteiger partial charge in [0, 0.05) is 24.2 Å². The maximum Gasteiger partial charge on any atom is 0.118 e. The molecule has 0 saturated carbocycles. The lowest BCUT2D eigenvalue weighted by Gasteiger charge is -2.23. The Labute approximate surface area is 112 Å². The van der Waals surface area contributed by atoms with Crippen LogP contribution in [0.25, 0.3) is 0 Å². The van der Waals surface area contributed by atoms with Crippen LogP contribution in [0.1, 0.15) is 51.9 Å². The highest BCUT2D eigenvalue weighted by atomic mass is 16.3. The summed E-state index contributed by atoms with van der Waals surface area (Å²) >= 11 is 0. The molecule has 0 aliphatic heterocycles. The molecule has 0 aromatic carbocycles. The second-order valence-electron chi connectivity index (χ2n) is 5.51. The molecule has 0 radical (unpaired) electrons. The minimum atomic E-state index is 0.510. The highest BCUT2D eigenvalue weighted by Crippen LogP contribution is 2.13. The van der Waals surface area contributed by atoms with Gasteiger partial charge < -0.3 is 9.73 Å². The van der Waals surface area contributed by atoms with Gasteiger partial charge in [-0.3, -0.25) is 4.90 Å². The average Bonchev–Trinajstić information content (AvgIpc) is 2.74. The van der Waals surface area contributed by atoms with Gasteiger partial charge in [0.1, 0.15) is 5.76 Å². The Bertz CT molecular complexity index is 333. The second kappa shape index (κ2) is 7.59. The van der Waals surface area contributed by atoms with Crippen molar-refractivity contribution in [3.63, 3.8) is 0 Å². The van der Waals surface area contributed by atoms with E-state index in [0.717, 1.165) is 18.8 Å². The van der Waals surface area contributed by atoms with Crippen LogP contribution >= 0.6 is 0 Å². The molecule has 0 spiro atoms. The molecule has 1 aromatic heterocycles. The normalized spacial score (nSPS) is 13.5. The van der Waals surface area contributed by atoms with Gasteiger partial charge in [-0.15, -0.1) is 0 Å². The molecule has 0 saturated heterocycles. The van der Waals surface area contributed by atoms with Crippen molar-refractivity contribution in [1.29, 1.82) is 0 Å². The molecule has 1 atom stereocenters. The van der Waals surface area contributed by atoms with Gasteiger partial charge in [-0.05, 0) is 26.5 Å². The number of rotatable bonds is 8. The molecule has 1 aromatic rings. The van der Waals surface area contributed by atoms with Crippen molar-refractivity contribution in [2.45, 2.75) is 65.7 Å². The van der Waals surface area contributed by atoms with E-state index in [9.17, 15) is 0 Å². The third-order valence-corrected chi connectivity index (χ3v) is 3.29. The third-order valence-electron chi connectivity index (χ3n) is 3.29. The maximum atomic E-state index is 5.61. The minimum Gasteiger partial charge on any atom is -0.468 e. The maximum absolute atomic E-state index is 5.61. The lowest BCUT2D eigenvalue weighted by atomic mass is 10.1. The van der Waals surface area contributed by atoms with Gasteiger partial charge in [-0.1, -0.05) is 27.2 Å². The molecular weight excluding hydrogens is 224 g/mol. The van der Waals surface area contributed by atoms with E-state index in [-0.39, 0.29) is 0 Å². The van der Waals surface area contributed by atoms with E-state index in [2.05, 4.69) is 51.0 Å². The van der Waals surface area contributed by atoms with Crippen molar-refractivity contribution in [2.24, 2.45) is 0 Å².